The minimum atomic E-state index is 0.0227. The molecule has 1 unspecified atom stereocenters. The molecule has 1 aliphatic rings. The number of piperidine rings is 1. The summed E-state index contributed by atoms with van der Waals surface area (Å²) in [6.45, 7) is 5.10. The summed E-state index contributed by atoms with van der Waals surface area (Å²) in [7, 11) is 1.63. The van der Waals surface area contributed by atoms with E-state index >= 15 is 0 Å². The van der Waals surface area contributed by atoms with E-state index < -0.39 is 0 Å². The zero-order chi connectivity index (χ0) is 19.1. The highest BCUT2D eigenvalue weighted by atomic mass is 16.5. The van der Waals surface area contributed by atoms with Gasteiger partial charge >= 0.3 is 0 Å². The molecule has 1 fully saturated rings. The van der Waals surface area contributed by atoms with Crippen molar-refractivity contribution >= 4 is 5.91 Å². The molecule has 1 aliphatic heterocycles. The Morgan fingerprint density at radius 1 is 1.11 bits per heavy atom. The number of hydrogen-bond acceptors (Lipinski definition) is 3. The van der Waals surface area contributed by atoms with Gasteiger partial charge in [0.25, 0.3) is 0 Å². The first kappa shape index (κ1) is 19.4. The van der Waals surface area contributed by atoms with Crippen molar-refractivity contribution in [2.75, 3.05) is 13.7 Å². The summed E-state index contributed by atoms with van der Waals surface area (Å²) >= 11 is 0. The Morgan fingerprint density at radius 3 is 2.63 bits per heavy atom. The summed E-state index contributed by atoms with van der Waals surface area (Å²) in [5.41, 5.74) is 3.43. The van der Waals surface area contributed by atoms with E-state index in [2.05, 4.69) is 41.4 Å². The molecule has 1 saturated heterocycles. The van der Waals surface area contributed by atoms with E-state index in [4.69, 9.17) is 4.74 Å². The van der Waals surface area contributed by atoms with Crippen LogP contribution in [0.15, 0.2) is 48.5 Å². The Hall–Kier alpha value is -2.33. The van der Waals surface area contributed by atoms with Crippen LogP contribution >= 0.6 is 0 Å². The Kier molecular flexibility index (Phi) is 6.88. The monoisotopic (exact) mass is 366 g/mol. The van der Waals surface area contributed by atoms with Crippen LogP contribution in [-0.2, 0) is 24.3 Å². The van der Waals surface area contributed by atoms with Crippen molar-refractivity contribution in [2.24, 2.45) is 0 Å². The third-order valence-corrected chi connectivity index (χ3v) is 5.34. The van der Waals surface area contributed by atoms with Crippen LogP contribution in [0.5, 0.6) is 5.75 Å². The lowest BCUT2D eigenvalue weighted by Crippen LogP contribution is -2.36. The maximum absolute atomic E-state index is 12.2. The molecule has 1 atom stereocenters. The van der Waals surface area contributed by atoms with Crippen LogP contribution in [0.2, 0.25) is 0 Å². The van der Waals surface area contributed by atoms with Gasteiger partial charge in [-0.2, -0.15) is 0 Å². The lowest BCUT2D eigenvalue weighted by atomic mass is 10.0. The molecule has 0 bridgehead atoms. The van der Waals surface area contributed by atoms with Gasteiger partial charge in [0, 0.05) is 19.1 Å². The standard InChI is InChI=1S/C23H30N2O2/c1-18-6-3-4-13-25(18)17-20-11-9-19(10-12-20)16-24-23(26)15-21-7-5-8-22(14-21)27-2/h5,7-12,14,18H,3-4,6,13,15-17H2,1-2H3,(H,24,26). The van der Waals surface area contributed by atoms with E-state index in [0.29, 0.717) is 19.0 Å². The number of methoxy groups -OCH3 is 1. The van der Waals surface area contributed by atoms with Gasteiger partial charge in [-0.25, -0.2) is 0 Å². The van der Waals surface area contributed by atoms with Crippen molar-refractivity contribution < 1.29 is 9.53 Å². The first-order chi connectivity index (χ1) is 13.1. The molecule has 27 heavy (non-hydrogen) atoms. The van der Waals surface area contributed by atoms with Crippen molar-refractivity contribution in [1.29, 1.82) is 0 Å². The Balaban J connectivity index is 1.47. The quantitative estimate of drug-likeness (QED) is 0.807. The summed E-state index contributed by atoms with van der Waals surface area (Å²) in [4.78, 5) is 14.8. The van der Waals surface area contributed by atoms with E-state index in [1.807, 2.05) is 24.3 Å². The fourth-order valence-corrected chi connectivity index (χ4v) is 3.62. The molecule has 3 rings (SSSR count). The Labute approximate surface area is 162 Å². The molecule has 0 saturated carbocycles. The third kappa shape index (κ3) is 5.83. The van der Waals surface area contributed by atoms with Gasteiger partial charge in [-0.3, -0.25) is 9.69 Å². The van der Waals surface area contributed by atoms with Crippen LogP contribution in [-0.4, -0.2) is 30.5 Å². The highest BCUT2D eigenvalue weighted by Crippen LogP contribution is 2.19. The molecule has 0 aliphatic carbocycles. The van der Waals surface area contributed by atoms with Crippen molar-refractivity contribution in [1.82, 2.24) is 10.2 Å². The molecular formula is C23H30N2O2. The van der Waals surface area contributed by atoms with Crippen LogP contribution in [0.3, 0.4) is 0 Å². The number of hydrogen-bond donors (Lipinski definition) is 1. The fourth-order valence-electron chi connectivity index (χ4n) is 3.62. The number of carbonyl (C=O) groups excluding carboxylic acids is 1. The number of likely N-dealkylation sites (tertiary alicyclic amines) is 1. The third-order valence-electron chi connectivity index (χ3n) is 5.34. The van der Waals surface area contributed by atoms with Gasteiger partial charge in [0.2, 0.25) is 5.91 Å². The average molecular weight is 367 g/mol. The average Bonchev–Trinajstić information content (AvgIpc) is 2.69. The summed E-state index contributed by atoms with van der Waals surface area (Å²) in [6.07, 6.45) is 4.33. The Morgan fingerprint density at radius 2 is 1.89 bits per heavy atom. The zero-order valence-corrected chi connectivity index (χ0v) is 16.4. The smallest absolute Gasteiger partial charge is 0.224 e. The second kappa shape index (κ2) is 9.56. The maximum atomic E-state index is 12.2. The number of nitrogens with zero attached hydrogens (tertiary/aromatic N) is 1. The normalized spacial score (nSPS) is 17.5. The topological polar surface area (TPSA) is 41.6 Å². The Bertz CT molecular complexity index is 742. The van der Waals surface area contributed by atoms with Gasteiger partial charge in [0.15, 0.2) is 0 Å². The van der Waals surface area contributed by atoms with Gasteiger partial charge in [-0.05, 0) is 55.1 Å². The van der Waals surface area contributed by atoms with Gasteiger partial charge < -0.3 is 10.1 Å². The first-order valence-electron chi connectivity index (χ1n) is 9.85. The zero-order valence-electron chi connectivity index (χ0n) is 16.4. The van der Waals surface area contributed by atoms with E-state index in [-0.39, 0.29) is 5.91 Å². The SMILES string of the molecule is COc1cccc(CC(=O)NCc2ccc(CN3CCCCC3C)cc2)c1. The first-order valence-corrected chi connectivity index (χ1v) is 9.85. The molecule has 4 heteroatoms. The predicted octanol–water partition coefficient (Wildman–Crippen LogP) is 3.93. The van der Waals surface area contributed by atoms with Crippen molar-refractivity contribution in [3.63, 3.8) is 0 Å². The number of amides is 1. The molecule has 1 N–H and O–H groups in total. The van der Waals surface area contributed by atoms with Crippen LogP contribution in [0.4, 0.5) is 0 Å². The number of nitrogens with one attached hydrogen (secondary N) is 1. The van der Waals surface area contributed by atoms with Crippen molar-refractivity contribution in [3.8, 4) is 5.75 Å². The summed E-state index contributed by atoms with van der Waals surface area (Å²) in [5.74, 6) is 0.799. The fraction of sp³-hybridized carbons (Fsp3) is 0.435. The summed E-state index contributed by atoms with van der Waals surface area (Å²) in [6, 6.07) is 16.9. The molecule has 2 aromatic carbocycles. The minimum absolute atomic E-state index is 0.0227. The minimum Gasteiger partial charge on any atom is -0.497 e. The van der Waals surface area contributed by atoms with E-state index in [1.165, 1.54) is 31.4 Å². The summed E-state index contributed by atoms with van der Waals surface area (Å²) in [5, 5.41) is 3.00. The number of carbonyl (C=O) groups is 1. The van der Waals surface area contributed by atoms with Crippen molar-refractivity contribution in [3.05, 3.63) is 65.2 Å². The van der Waals surface area contributed by atoms with Crippen LogP contribution in [0, 0.1) is 0 Å². The van der Waals surface area contributed by atoms with E-state index in [0.717, 1.165) is 23.4 Å². The highest BCUT2D eigenvalue weighted by molar-refractivity contribution is 5.78. The lowest BCUT2D eigenvalue weighted by Gasteiger charge is -2.33. The molecule has 1 heterocycles. The van der Waals surface area contributed by atoms with E-state index in [9.17, 15) is 4.79 Å². The second-order valence-electron chi connectivity index (χ2n) is 7.44. The maximum Gasteiger partial charge on any atom is 0.224 e. The van der Waals surface area contributed by atoms with Gasteiger partial charge in [0.1, 0.15) is 5.75 Å². The second-order valence-corrected chi connectivity index (χ2v) is 7.44. The lowest BCUT2D eigenvalue weighted by molar-refractivity contribution is -0.120. The molecule has 2 aromatic rings. The van der Waals surface area contributed by atoms with Crippen molar-refractivity contribution in [2.45, 2.75) is 51.7 Å². The van der Waals surface area contributed by atoms with Crippen LogP contribution < -0.4 is 10.1 Å². The molecule has 1 amide bonds. The van der Waals surface area contributed by atoms with Gasteiger partial charge in [0.05, 0.1) is 13.5 Å². The number of rotatable bonds is 7. The van der Waals surface area contributed by atoms with Crippen LogP contribution in [0.25, 0.3) is 0 Å². The van der Waals surface area contributed by atoms with Gasteiger partial charge in [-0.1, -0.05) is 42.8 Å². The largest absolute Gasteiger partial charge is 0.497 e. The molecule has 0 aromatic heterocycles. The molecule has 0 radical (unpaired) electrons. The molecule has 144 valence electrons. The van der Waals surface area contributed by atoms with Gasteiger partial charge in [-0.15, -0.1) is 0 Å². The number of ether oxygens (including phenoxy) is 1. The number of benzene rings is 2. The predicted molar refractivity (Wildman–Crippen MR) is 109 cm³/mol. The molecular weight excluding hydrogens is 336 g/mol. The highest BCUT2D eigenvalue weighted by Gasteiger charge is 2.17. The summed E-state index contributed by atoms with van der Waals surface area (Å²) < 4.78 is 5.20. The van der Waals surface area contributed by atoms with E-state index in [1.54, 1.807) is 7.11 Å². The molecule has 4 nitrogen and oxygen atoms in total. The van der Waals surface area contributed by atoms with Crippen LogP contribution in [0.1, 0.15) is 42.9 Å². The molecule has 0 spiro atoms.